The first-order valence-electron chi connectivity index (χ1n) is 6.98. The Labute approximate surface area is 118 Å². The summed E-state index contributed by atoms with van der Waals surface area (Å²) in [7, 11) is 0.165. The summed E-state index contributed by atoms with van der Waals surface area (Å²) in [4.78, 5) is 0. The highest BCUT2D eigenvalue weighted by molar-refractivity contribution is 6.71. The zero-order valence-corrected chi connectivity index (χ0v) is 13.9. The number of rotatable bonds is 14. The van der Waals surface area contributed by atoms with Crippen LogP contribution in [0.1, 0.15) is 6.92 Å². The molecule has 0 aliphatic heterocycles. The molecule has 19 heavy (non-hydrogen) atoms. The van der Waals surface area contributed by atoms with E-state index in [0.717, 1.165) is 19.3 Å². The lowest BCUT2D eigenvalue weighted by molar-refractivity contribution is 0.00503. The summed E-state index contributed by atoms with van der Waals surface area (Å²) in [5.74, 6) is 0. The minimum atomic E-state index is -1.50. The van der Waals surface area contributed by atoms with Gasteiger partial charge in [-0.05, 0) is 26.1 Å². The second kappa shape index (κ2) is 13.0. The Morgan fingerprint density at radius 3 is 1.68 bits per heavy atom. The van der Waals surface area contributed by atoms with E-state index >= 15 is 0 Å². The highest BCUT2D eigenvalue weighted by Gasteiger charge is 2.20. The van der Waals surface area contributed by atoms with Gasteiger partial charge in [-0.15, -0.1) is 0 Å². The molecule has 6 heteroatoms. The van der Waals surface area contributed by atoms with Crippen LogP contribution < -0.4 is 0 Å². The molecule has 0 amide bonds. The highest BCUT2D eigenvalue weighted by atomic mass is 28.4. The third-order valence-electron chi connectivity index (χ3n) is 2.56. The molecule has 0 N–H and O–H groups in total. The summed E-state index contributed by atoms with van der Waals surface area (Å²) in [6.07, 6.45) is 0. The molecule has 0 atom stereocenters. The average molecular weight is 294 g/mol. The molecule has 0 aromatic rings. The molecular formula is C13H30O5Si. The maximum atomic E-state index is 5.72. The minimum Gasteiger partial charge on any atom is -0.418 e. The molecule has 0 heterocycles. The van der Waals surface area contributed by atoms with Gasteiger partial charge in [0, 0.05) is 20.3 Å². The van der Waals surface area contributed by atoms with Crippen molar-refractivity contribution in [2.24, 2.45) is 0 Å². The number of methoxy groups -OCH3 is 1. The van der Waals surface area contributed by atoms with E-state index in [-0.39, 0.29) is 0 Å². The van der Waals surface area contributed by atoms with Crippen molar-refractivity contribution in [3.63, 3.8) is 0 Å². The SMILES string of the molecule is CCO[Si](C)(C)CCOCCOCCOCCOC. The number of hydrogen-bond acceptors (Lipinski definition) is 5. The molecule has 5 nitrogen and oxygen atoms in total. The van der Waals surface area contributed by atoms with Crippen molar-refractivity contribution in [1.82, 2.24) is 0 Å². The van der Waals surface area contributed by atoms with Crippen LogP contribution in [0, 0.1) is 0 Å². The fourth-order valence-corrected chi connectivity index (χ4v) is 3.03. The summed E-state index contributed by atoms with van der Waals surface area (Å²) in [6.45, 7) is 11.7. The van der Waals surface area contributed by atoms with Gasteiger partial charge in [0.15, 0.2) is 8.32 Å². The van der Waals surface area contributed by atoms with E-state index < -0.39 is 8.32 Å². The maximum Gasteiger partial charge on any atom is 0.188 e. The molecule has 0 aliphatic rings. The van der Waals surface area contributed by atoms with Crippen LogP contribution >= 0.6 is 0 Å². The van der Waals surface area contributed by atoms with E-state index in [1.165, 1.54) is 0 Å². The van der Waals surface area contributed by atoms with E-state index in [0.29, 0.717) is 39.6 Å². The van der Waals surface area contributed by atoms with E-state index in [4.69, 9.17) is 23.4 Å². The van der Waals surface area contributed by atoms with E-state index in [2.05, 4.69) is 13.1 Å². The molecular weight excluding hydrogens is 264 g/mol. The Morgan fingerprint density at radius 1 is 0.737 bits per heavy atom. The lowest BCUT2D eigenvalue weighted by Gasteiger charge is -2.21. The topological polar surface area (TPSA) is 46.2 Å². The first kappa shape index (κ1) is 19.0. The highest BCUT2D eigenvalue weighted by Crippen LogP contribution is 2.10. The molecule has 0 saturated carbocycles. The van der Waals surface area contributed by atoms with Crippen LogP contribution in [0.4, 0.5) is 0 Å². The maximum absolute atomic E-state index is 5.72. The van der Waals surface area contributed by atoms with Crippen molar-refractivity contribution < 1.29 is 23.4 Å². The first-order chi connectivity index (χ1) is 9.12. The minimum absolute atomic E-state index is 0.603. The van der Waals surface area contributed by atoms with Gasteiger partial charge in [0.25, 0.3) is 0 Å². The van der Waals surface area contributed by atoms with E-state index in [1.54, 1.807) is 7.11 Å². The predicted molar refractivity (Wildman–Crippen MR) is 78.2 cm³/mol. The molecule has 0 aliphatic carbocycles. The second-order valence-electron chi connectivity index (χ2n) is 4.77. The molecule has 0 aromatic heterocycles. The Bertz CT molecular complexity index is 190. The Hall–Kier alpha value is 0.0169. The summed E-state index contributed by atoms with van der Waals surface area (Å²) < 4.78 is 26.8. The number of hydrogen-bond donors (Lipinski definition) is 0. The fraction of sp³-hybridized carbons (Fsp3) is 1.00. The van der Waals surface area contributed by atoms with Gasteiger partial charge in [-0.25, -0.2) is 0 Å². The third kappa shape index (κ3) is 14.2. The molecule has 116 valence electrons. The van der Waals surface area contributed by atoms with Crippen LogP contribution in [-0.4, -0.2) is 68.3 Å². The summed E-state index contributed by atoms with van der Waals surface area (Å²) in [6, 6.07) is 1.03. The van der Waals surface area contributed by atoms with Crippen LogP contribution in [-0.2, 0) is 23.4 Å². The fourth-order valence-electron chi connectivity index (χ4n) is 1.47. The lowest BCUT2D eigenvalue weighted by Crippen LogP contribution is -2.31. The Morgan fingerprint density at radius 2 is 1.21 bits per heavy atom. The van der Waals surface area contributed by atoms with Crippen molar-refractivity contribution in [1.29, 1.82) is 0 Å². The third-order valence-corrected chi connectivity index (χ3v) is 5.04. The Kier molecular flexibility index (Phi) is 13.0. The van der Waals surface area contributed by atoms with Crippen LogP contribution in [0.15, 0.2) is 0 Å². The molecule has 0 rings (SSSR count). The lowest BCUT2D eigenvalue weighted by atomic mass is 10.7. The van der Waals surface area contributed by atoms with Crippen molar-refractivity contribution >= 4 is 8.32 Å². The molecule has 0 radical (unpaired) electrons. The van der Waals surface area contributed by atoms with Crippen molar-refractivity contribution in [2.75, 3.05) is 60.0 Å². The molecule has 0 aromatic carbocycles. The van der Waals surface area contributed by atoms with Gasteiger partial charge in [0.05, 0.1) is 39.6 Å². The quantitative estimate of drug-likeness (QED) is 0.362. The molecule has 0 bridgehead atoms. The smallest absolute Gasteiger partial charge is 0.188 e. The molecule has 0 fully saturated rings. The zero-order chi connectivity index (χ0) is 14.4. The normalized spacial score (nSPS) is 12.0. The van der Waals surface area contributed by atoms with Gasteiger partial charge in [-0.2, -0.15) is 0 Å². The van der Waals surface area contributed by atoms with Crippen LogP contribution in [0.25, 0.3) is 0 Å². The van der Waals surface area contributed by atoms with Crippen LogP contribution in [0.5, 0.6) is 0 Å². The standard InChI is InChI=1S/C13H30O5Si/c1-5-18-19(3,4)13-12-17-11-10-16-9-8-15-7-6-14-2/h5-13H2,1-4H3. The Balaban J connectivity index is 3.14. The van der Waals surface area contributed by atoms with Gasteiger partial charge < -0.3 is 23.4 Å². The van der Waals surface area contributed by atoms with Crippen LogP contribution in [0.2, 0.25) is 19.1 Å². The summed E-state index contributed by atoms with van der Waals surface area (Å²) >= 11 is 0. The average Bonchev–Trinajstić information content (AvgIpc) is 2.36. The van der Waals surface area contributed by atoms with Gasteiger partial charge in [-0.3, -0.25) is 0 Å². The second-order valence-corrected chi connectivity index (χ2v) is 9.08. The van der Waals surface area contributed by atoms with Crippen molar-refractivity contribution in [3.05, 3.63) is 0 Å². The summed E-state index contributed by atoms with van der Waals surface area (Å²) in [5, 5.41) is 0. The molecule has 0 saturated heterocycles. The van der Waals surface area contributed by atoms with Gasteiger partial charge >= 0.3 is 0 Å². The molecule has 0 unspecified atom stereocenters. The first-order valence-corrected chi connectivity index (χ1v) is 10.1. The number of ether oxygens (including phenoxy) is 4. The van der Waals surface area contributed by atoms with Gasteiger partial charge in [0.2, 0.25) is 0 Å². The van der Waals surface area contributed by atoms with Crippen LogP contribution in [0.3, 0.4) is 0 Å². The summed E-state index contributed by atoms with van der Waals surface area (Å²) in [5.41, 5.74) is 0. The van der Waals surface area contributed by atoms with Gasteiger partial charge in [0.1, 0.15) is 0 Å². The predicted octanol–water partition coefficient (Wildman–Crippen LogP) is 1.92. The zero-order valence-electron chi connectivity index (χ0n) is 12.9. The van der Waals surface area contributed by atoms with E-state index in [1.807, 2.05) is 6.92 Å². The largest absolute Gasteiger partial charge is 0.418 e. The van der Waals surface area contributed by atoms with E-state index in [9.17, 15) is 0 Å². The molecule has 0 spiro atoms. The van der Waals surface area contributed by atoms with Crippen molar-refractivity contribution in [3.8, 4) is 0 Å². The van der Waals surface area contributed by atoms with Gasteiger partial charge in [-0.1, -0.05) is 0 Å². The monoisotopic (exact) mass is 294 g/mol. The van der Waals surface area contributed by atoms with Crippen molar-refractivity contribution in [2.45, 2.75) is 26.1 Å².